The van der Waals surface area contributed by atoms with E-state index in [-0.39, 0.29) is 29.1 Å². The van der Waals surface area contributed by atoms with E-state index in [0.717, 1.165) is 6.42 Å². The number of nitrogens with one attached hydrogen (secondary N) is 1. The molecule has 0 aromatic heterocycles. The molecule has 0 atom stereocenters. The van der Waals surface area contributed by atoms with E-state index in [1.807, 2.05) is 0 Å². The quantitative estimate of drug-likeness (QED) is 0.820. The van der Waals surface area contributed by atoms with Crippen molar-refractivity contribution in [3.05, 3.63) is 35.1 Å². The average Bonchev–Trinajstić information content (AvgIpc) is 2.46. The number of hydrogen-bond acceptors (Lipinski definition) is 2. The maximum Gasteiger partial charge on any atom is 0.251 e. The molecule has 0 heterocycles. The maximum absolute atomic E-state index is 13.8. The number of rotatable bonds is 5. The molecule has 0 saturated heterocycles. The first-order valence-corrected chi connectivity index (χ1v) is 7.07. The molecule has 21 heavy (non-hydrogen) atoms. The van der Waals surface area contributed by atoms with Gasteiger partial charge in [-0.25, -0.2) is 4.39 Å². The summed E-state index contributed by atoms with van der Waals surface area (Å²) in [6.07, 6.45) is 1.24. The van der Waals surface area contributed by atoms with Crippen molar-refractivity contribution in [2.45, 2.75) is 33.6 Å². The van der Waals surface area contributed by atoms with Gasteiger partial charge in [-0.1, -0.05) is 32.6 Å². The summed E-state index contributed by atoms with van der Waals surface area (Å²) in [5, 5.41) is 11.4. The topological polar surface area (TPSA) is 49.3 Å². The van der Waals surface area contributed by atoms with Crippen molar-refractivity contribution in [1.29, 1.82) is 0 Å². The molecule has 1 aromatic rings. The van der Waals surface area contributed by atoms with Crippen LogP contribution in [0.3, 0.4) is 0 Å². The fraction of sp³-hybridized carbons (Fsp3) is 0.471. The van der Waals surface area contributed by atoms with Gasteiger partial charge in [0.2, 0.25) is 0 Å². The third-order valence-electron chi connectivity index (χ3n) is 3.38. The van der Waals surface area contributed by atoms with Crippen LogP contribution in [0.5, 0.6) is 0 Å². The normalized spacial score (nSPS) is 10.7. The van der Waals surface area contributed by atoms with E-state index >= 15 is 0 Å². The average molecular weight is 291 g/mol. The molecule has 3 nitrogen and oxygen atoms in total. The van der Waals surface area contributed by atoms with Gasteiger partial charge >= 0.3 is 0 Å². The van der Waals surface area contributed by atoms with Crippen LogP contribution in [0.15, 0.2) is 18.2 Å². The molecular formula is C17H22FNO2. The van der Waals surface area contributed by atoms with Gasteiger partial charge in [-0.05, 0) is 30.0 Å². The molecule has 0 bridgehead atoms. The molecule has 1 amide bonds. The molecule has 1 aromatic carbocycles. The summed E-state index contributed by atoms with van der Waals surface area (Å²) in [5.41, 5.74) is 0.533. The smallest absolute Gasteiger partial charge is 0.251 e. The molecule has 0 saturated carbocycles. The first-order chi connectivity index (χ1) is 9.89. The second-order valence-corrected chi connectivity index (χ2v) is 5.67. The molecule has 2 N–H and O–H groups in total. The van der Waals surface area contributed by atoms with Crippen LogP contribution in [-0.4, -0.2) is 24.2 Å². The highest BCUT2D eigenvalue weighted by atomic mass is 19.1. The molecule has 0 aliphatic carbocycles. The molecule has 0 fully saturated rings. The molecule has 114 valence electrons. The van der Waals surface area contributed by atoms with Gasteiger partial charge in [-0.15, -0.1) is 0 Å². The third-order valence-corrected chi connectivity index (χ3v) is 3.38. The van der Waals surface area contributed by atoms with Gasteiger partial charge < -0.3 is 10.4 Å². The standard InChI is InChI=1S/C17H22FNO2/c1-4-17(2,3)12-19-16(21)14-9-8-13(15(18)11-14)7-5-6-10-20/h8-9,11,20H,4,6,10,12H2,1-3H3,(H,19,21). The lowest BCUT2D eigenvalue weighted by molar-refractivity contribution is 0.0935. The predicted molar refractivity (Wildman–Crippen MR) is 81.4 cm³/mol. The van der Waals surface area contributed by atoms with Crippen LogP contribution in [0.4, 0.5) is 4.39 Å². The van der Waals surface area contributed by atoms with Crippen LogP contribution in [0.2, 0.25) is 0 Å². The Morgan fingerprint density at radius 2 is 2.14 bits per heavy atom. The lowest BCUT2D eigenvalue weighted by Crippen LogP contribution is -2.33. The van der Waals surface area contributed by atoms with E-state index in [9.17, 15) is 9.18 Å². The Bertz CT molecular complexity index is 556. The third kappa shape index (κ3) is 5.57. The lowest BCUT2D eigenvalue weighted by atomic mass is 9.90. The van der Waals surface area contributed by atoms with Crippen molar-refractivity contribution >= 4 is 5.91 Å². The van der Waals surface area contributed by atoms with Crippen LogP contribution in [0, 0.1) is 23.1 Å². The minimum Gasteiger partial charge on any atom is -0.395 e. The van der Waals surface area contributed by atoms with E-state index in [1.165, 1.54) is 12.1 Å². The van der Waals surface area contributed by atoms with Crippen LogP contribution in [-0.2, 0) is 0 Å². The SMILES string of the molecule is CCC(C)(C)CNC(=O)c1ccc(C#CCCO)c(F)c1. The Morgan fingerprint density at radius 3 is 2.71 bits per heavy atom. The van der Waals surface area contributed by atoms with Crippen molar-refractivity contribution in [3.63, 3.8) is 0 Å². The summed E-state index contributed by atoms with van der Waals surface area (Å²) < 4.78 is 13.8. The Hall–Kier alpha value is -1.86. The summed E-state index contributed by atoms with van der Waals surface area (Å²) in [6.45, 7) is 6.68. The van der Waals surface area contributed by atoms with Gasteiger partial charge in [0.15, 0.2) is 0 Å². The number of carbonyl (C=O) groups is 1. The van der Waals surface area contributed by atoms with Gasteiger partial charge in [0.25, 0.3) is 5.91 Å². The molecule has 0 spiro atoms. The number of aliphatic hydroxyl groups is 1. The zero-order valence-electron chi connectivity index (χ0n) is 12.8. The fourth-order valence-electron chi connectivity index (χ4n) is 1.52. The van der Waals surface area contributed by atoms with Gasteiger partial charge in [-0.3, -0.25) is 4.79 Å². The summed E-state index contributed by atoms with van der Waals surface area (Å²) in [4.78, 5) is 12.0. The Morgan fingerprint density at radius 1 is 1.43 bits per heavy atom. The number of aliphatic hydroxyl groups excluding tert-OH is 1. The van der Waals surface area contributed by atoms with Crippen LogP contribution >= 0.6 is 0 Å². The molecule has 0 radical (unpaired) electrons. The minimum atomic E-state index is -0.525. The van der Waals surface area contributed by atoms with Gasteiger partial charge in [0.1, 0.15) is 5.82 Å². The molecule has 0 aliphatic heterocycles. The zero-order valence-corrected chi connectivity index (χ0v) is 12.8. The summed E-state index contributed by atoms with van der Waals surface area (Å²) >= 11 is 0. The first kappa shape index (κ1) is 17.2. The van der Waals surface area contributed by atoms with Gasteiger partial charge in [0, 0.05) is 18.5 Å². The second kappa shape index (κ2) is 7.80. The van der Waals surface area contributed by atoms with E-state index in [1.54, 1.807) is 6.07 Å². The molecule has 0 unspecified atom stereocenters. The van der Waals surface area contributed by atoms with E-state index < -0.39 is 5.82 Å². The Balaban J connectivity index is 2.75. The molecule has 4 heteroatoms. The van der Waals surface area contributed by atoms with Crippen LogP contribution in [0.1, 0.15) is 49.5 Å². The lowest BCUT2D eigenvalue weighted by Gasteiger charge is -2.22. The molecule has 0 aliphatic rings. The number of amides is 1. The second-order valence-electron chi connectivity index (χ2n) is 5.67. The number of carbonyl (C=O) groups excluding carboxylic acids is 1. The van der Waals surface area contributed by atoms with E-state index in [0.29, 0.717) is 13.0 Å². The zero-order chi connectivity index (χ0) is 15.9. The minimum absolute atomic E-state index is 0.0178. The van der Waals surface area contributed by atoms with Crippen molar-refractivity contribution in [3.8, 4) is 11.8 Å². The van der Waals surface area contributed by atoms with Crippen LogP contribution < -0.4 is 5.32 Å². The monoisotopic (exact) mass is 291 g/mol. The van der Waals surface area contributed by atoms with Crippen molar-refractivity contribution in [1.82, 2.24) is 5.32 Å². The summed E-state index contributed by atoms with van der Waals surface area (Å²) in [6, 6.07) is 4.23. The van der Waals surface area contributed by atoms with Crippen molar-refractivity contribution in [2.75, 3.05) is 13.2 Å². The number of benzene rings is 1. The number of halogens is 1. The van der Waals surface area contributed by atoms with Crippen molar-refractivity contribution in [2.24, 2.45) is 5.41 Å². The van der Waals surface area contributed by atoms with Gasteiger partial charge in [-0.2, -0.15) is 0 Å². The van der Waals surface area contributed by atoms with Crippen LogP contribution in [0.25, 0.3) is 0 Å². The molecular weight excluding hydrogens is 269 g/mol. The summed E-state index contributed by atoms with van der Waals surface area (Å²) in [7, 11) is 0. The summed E-state index contributed by atoms with van der Waals surface area (Å²) in [5.74, 6) is 4.47. The first-order valence-electron chi connectivity index (χ1n) is 7.07. The highest BCUT2D eigenvalue weighted by Gasteiger charge is 2.17. The fourth-order valence-corrected chi connectivity index (χ4v) is 1.52. The largest absolute Gasteiger partial charge is 0.395 e. The van der Waals surface area contributed by atoms with E-state index in [2.05, 4.69) is 37.9 Å². The Kier molecular flexibility index (Phi) is 6.39. The maximum atomic E-state index is 13.8. The molecule has 1 rings (SSSR count). The highest BCUT2D eigenvalue weighted by Crippen LogP contribution is 2.18. The Labute approximate surface area is 125 Å². The van der Waals surface area contributed by atoms with E-state index in [4.69, 9.17) is 5.11 Å². The number of hydrogen-bond donors (Lipinski definition) is 2. The van der Waals surface area contributed by atoms with Crippen molar-refractivity contribution < 1.29 is 14.3 Å². The predicted octanol–water partition coefficient (Wildman–Crippen LogP) is 2.73. The van der Waals surface area contributed by atoms with Gasteiger partial charge in [0.05, 0.1) is 12.2 Å². The highest BCUT2D eigenvalue weighted by molar-refractivity contribution is 5.94.